The average molecular weight is 307 g/mol. The van der Waals surface area contributed by atoms with Gasteiger partial charge in [-0.3, -0.25) is 9.59 Å². The molecule has 1 aromatic heterocycles. The molecular formula is C16H21NO3S. The molecule has 0 spiro atoms. The summed E-state index contributed by atoms with van der Waals surface area (Å²) in [7, 11) is 0. The van der Waals surface area contributed by atoms with E-state index in [1.165, 1.54) is 29.7 Å². The van der Waals surface area contributed by atoms with Gasteiger partial charge in [0.2, 0.25) is 0 Å². The molecule has 2 aliphatic rings. The van der Waals surface area contributed by atoms with Crippen LogP contribution in [-0.2, 0) is 17.6 Å². The lowest BCUT2D eigenvalue weighted by molar-refractivity contribution is -0.143. The second kappa shape index (κ2) is 6.18. The van der Waals surface area contributed by atoms with Crippen LogP contribution < -0.4 is 0 Å². The molecule has 1 atom stereocenters. The van der Waals surface area contributed by atoms with Gasteiger partial charge in [-0.05, 0) is 50.2 Å². The van der Waals surface area contributed by atoms with Crippen molar-refractivity contribution in [3.05, 3.63) is 21.4 Å². The Hall–Kier alpha value is -1.36. The maximum absolute atomic E-state index is 12.6. The third kappa shape index (κ3) is 3.12. The van der Waals surface area contributed by atoms with Crippen molar-refractivity contribution >= 4 is 23.2 Å². The van der Waals surface area contributed by atoms with Crippen LogP contribution in [-0.4, -0.2) is 35.0 Å². The minimum atomic E-state index is -0.783. The average Bonchev–Trinajstić information content (AvgIpc) is 2.77. The summed E-state index contributed by atoms with van der Waals surface area (Å²) in [4.78, 5) is 27.6. The Morgan fingerprint density at radius 1 is 1.19 bits per heavy atom. The number of hydrogen-bond acceptors (Lipinski definition) is 3. The second-order valence-electron chi connectivity index (χ2n) is 6.05. The third-order valence-corrected chi connectivity index (χ3v) is 5.74. The van der Waals surface area contributed by atoms with E-state index in [4.69, 9.17) is 5.11 Å². The zero-order valence-electron chi connectivity index (χ0n) is 12.1. The first-order valence-corrected chi connectivity index (χ1v) is 8.60. The summed E-state index contributed by atoms with van der Waals surface area (Å²) in [5.74, 6) is -1.16. The van der Waals surface area contributed by atoms with Crippen molar-refractivity contribution in [1.29, 1.82) is 0 Å². The summed E-state index contributed by atoms with van der Waals surface area (Å²) in [6.07, 6.45) is 7.33. The molecule has 1 aliphatic carbocycles. The first-order valence-electron chi connectivity index (χ1n) is 7.79. The molecule has 2 heterocycles. The molecule has 114 valence electrons. The summed E-state index contributed by atoms with van der Waals surface area (Å²) in [6, 6.07) is 2.05. The predicted molar refractivity (Wildman–Crippen MR) is 81.8 cm³/mol. The molecule has 1 saturated heterocycles. The number of likely N-dealkylation sites (tertiary alicyclic amines) is 1. The smallest absolute Gasteiger partial charge is 0.308 e. The summed E-state index contributed by atoms with van der Waals surface area (Å²) in [5, 5.41) is 9.14. The number of piperidine rings is 1. The summed E-state index contributed by atoms with van der Waals surface area (Å²) in [5.41, 5.74) is 1.34. The van der Waals surface area contributed by atoms with Crippen LogP contribution in [0, 0.1) is 5.92 Å². The molecule has 1 aromatic rings. The van der Waals surface area contributed by atoms with Gasteiger partial charge < -0.3 is 10.0 Å². The maximum Gasteiger partial charge on any atom is 0.308 e. The molecule has 1 aliphatic heterocycles. The normalized spacial score (nSPS) is 22.5. The van der Waals surface area contributed by atoms with E-state index in [-0.39, 0.29) is 5.91 Å². The Bertz CT molecular complexity index is 528. The number of nitrogens with zero attached hydrogens (tertiary/aromatic N) is 1. The van der Waals surface area contributed by atoms with Crippen LogP contribution in [0.5, 0.6) is 0 Å². The van der Waals surface area contributed by atoms with Gasteiger partial charge in [0.25, 0.3) is 5.91 Å². The van der Waals surface area contributed by atoms with Gasteiger partial charge in [0.05, 0.1) is 10.8 Å². The lowest BCUT2D eigenvalue weighted by Crippen LogP contribution is -2.42. The van der Waals surface area contributed by atoms with Crippen LogP contribution in [0.2, 0.25) is 0 Å². The zero-order chi connectivity index (χ0) is 14.8. The van der Waals surface area contributed by atoms with Crippen molar-refractivity contribution in [1.82, 2.24) is 4.90 Å². The van der Waals surface area contributed by atoms with E-state index < -0.39 is 11.9 Å². The highest BCUT2D eigenvalue weighted by Crippen LogP contribution is 2.30. The van der Waals surface area contributed by atoms with E-state index in [9.17, 15) is 9.59 Å². The van der Waals surface area contributed by atoms with Crippen molar-refractivity contribution < 1.29 is 14.7 Å². The minimum Gasteiger partial charge on any atom is -0.481 e. The van der Waals surface area contributed by atoms with E-state index in [0.717, 1.165) is 24.1 Å². The molecule has 5 heteroatoms. The first-order chi connectivity index (χ1) is 10.1. The number of carbonyl (C=O) groups excluding carboxylic acids is 1. The van der Waals surface area contributed by atoms with E-state index in [1.807, 2.05) is 0 Å². The fourth-order valence-corrected chi connectivity index (χ4v) is 4.51. The number of hydrogen-bond donors (Lipinski definition) is 1. The highest BCUT2D eigenvalue weighted by molar-refractivity contribution is 7.14. The summed E-state index contributed by atoms with van der Waals surface area (Å²) >= 11 is 1.62. The second-order valence-corrected chi connectivity index (χ2v) is 7.19. The highest BCUT2D eigenvalue weighted by Gasteiger charge is 2.29. The summed E-state index contributed by atoms with van der Waals surface area (Å²) in [6.45, 7) is 1.04. The largest absolute Gasteiger partial charge is 0.481 e. The fourth-order valence-electron chi connectivity index (χ4n) is 3.29. The van der Waals surface area contributed by atoms with Gasteiger partial charge >= 0.3 is 5.97 Å². The number of fused-ring (bicyclic) bond motifs is 1. The van der Waals surface area contributed by atoms with E-state index in [2.05, 4.69) is 6.07 Å². The molecule has 1 N–H and O–H groups in total. The van der Waals surface area contributed by atoms with Gasteiger partial charge in [-0.1, -0.05) is 6.42 Å². The highest BCUT2D eigenvalue weighted by atomic mass is 32.1. The number of amides is 1. The van der Waals surface area contributed by atoms with Crippen LogP contribution in [0.15, 0.2) is 6.07 Å². The number of carbonyl (C=O) groups is 2. The molecule has 1 amide bonds. The van der Waals surface area contributed by atoms with Crippen molar-refractivity contribution in [3.8, 4) is 0 Å². The Morgan fingerprint density at radius 2 is 2.00 bits per heavy atom. The van der Waals surface area contributed by atoms with Crippen molar-refractivity contribution in [2.45, 2.75) is 44.9 Å². The number of carboxylic acid groups (broad SMARTS) is 1. The Kier molecular flexibility index (Phi) is 4.29. The number of aryl methyl sites for hydroxylation is 2. The number of thiophene rings is 1. The number of aliphatic carboxylic acids is 1. The van der Waals surface area contributed by atoms with Crippen molar-refractivity contribution in [2.75, 3.05) is 13.1 Å². The van der Waals surface area contributed by atoms with Crippen LogP contribution >= 0.6 is 11.3 Å². The van der Waals surface area contributed by atoms with Crippen LogP contribution in [0.25, 0.3) is 0 Å². The van der Waals surface area contributed by atoms with Crippen LogP contribution in [0.4, 0.5) is 0 Å². The quantitative estimate of drug-likeness (QED) is 0.855. The maximum atomic E-state index is 12.6. The topological polar surface area (TPSA) is 57.6 Å². The first kappa shape index (κ1) is 14.6. The monoisotopic (exact) mass is 307 g/mol. The third-order valence-electron chi connectivity index (χ3n) is 4.52. The summed E-state index contributed by atoms with van der Waals surface area (Å²) < 4.78 is 0. The molecule has 1 fully saturated rings. The van der Waals surface area contributed by atoms with Gasteiger partial charge in [-0.25, -0.2) is 0 Å². The zero-order valence-corrected chi connectivity index (χ0v) is 13.0. The molecule has 0 aromatic carbocycles. The van der Waals surface area contributed by atoms with E-state index in [0.29, 0.717) is 19.5 Å². The van der Waals surface area contributed by atoms with Gasteiger partial charge in [-0.15, -0.1) is 11.3 Å². The molecule has 0 radical (unpaired) electrons. The molecule has 0 bridgehead atoms. The predicted octanol–water partition coefficient (Wildman–Crippen LogP) is 2.95. The molecule has 0 unspecified atom stereocenters. The minimum absolute atomic E-state index is 0.0269. The lowest BCUT2D eigenvalue weighted by atomic mass is 9.98. The van der Waals surface area contributed by atoms with E-state index in [1.54, 1.807) is 16.2 Å². The van der Waals surface area contributed by atoms with Crippen LogP contribution in [0.3, 0.4) is 0 Å². The Labute approximate surface area is 128 Å². The van der Waals surface area contributed by atoms with Gasteiger partial charge in [-0.2, -0.15) is 0 Å². The molecular weight excluding hydrogens is 286 g/mol. The van der Waals surface area contributed by atoms with Gasteiger partial charge in [0.15, 0.2) is 0 Å². The fraction of sp³-hybridized carbons (Fsp3) is 0.625. The van der Waals surface area contributed by atoms with E-state index >= 15 is 0 Å². The molecule has 21 heavy (non-hydrogen) atoms. The molecule has 0 saturated carbocycles. The Balaban J connectivity index is 1.74. The van der Waals surface area contributed by atoms with Crippen LogP contribution in [0.1, 0.15) is 52.2 Å². The SMILES string of the molecule is O=C(O)[C@H]1CCCN(C(=O)c2cc3c(s2)CCCCC3)C1. The van der Waals surface area contributed by atoms with Crippen molar-refractivity contribution in [3.63, 3.8) is 0 Å². The molecule has 4 nitrogen and oxygen atoms in total. The Morgan fingerprint density at radius 3 is 2.81 bits per heavy atom. The van der Waals surface area contributed by atoms with Crippen molar-refractivity contribution in [2.24, 2.45) is 5.92 Å². The molecule has 3 rings (SSSR count). The lowest BCUT2D eigenvalue weighted by Gasteiger charge is -2.30. The van der Waals surface area contributed by atoms with Gasteiger partial charge in [0.1, 0.15) is 0 Å². The van der Waals surface area contributed by atoms with Gasteiger partial charge in [0, 0.05) is 18.0 Å². The standard InChI is InChI=1S/C16H21NO3S/c18-15(17-8-4-6-12(10-17)16(19)20)14-9-11-5-2-1-3-7-13(11)21-14/h9,12H,1-8,10H2,(H,19,20)/t12-/m0/s1. The number of rotatable bonds is 2. The number of carboxylic acids is 1.